The predicted molar refractivity (Wildman–Crippen MR) is 81.9 cm³/mol. The smallest absolute Gasteiger partial charge is 0.225 e. The Morgan fingerprint density at radius 3 is 2.57 bits per heavy atom. The lowest BCUT2D eigenvalue weighted by Crippen LogP contribution is -2.37. The molecule has 0 aliphatic heterocycles. The van der Waals surface area contributed by atoms with Gasteiger partial charge in [0.15, 0.2) is 5.69 Å². The third kappa shape index (κ3) is 2.21. The van der Waals surface area contributed by atoms with Crippen molar-refractivity contribution < 1.29 is 4.73 Å². The molecule has 0 radical (unpaired) electrons. The van der Waals surface area contributed by atoms with E-state index in [1.165, 1.54) is 36.1 Å². The number of nitrogens with zero attached hydrogens (tertiary/aromatic N) is 2. The molecule has 2 heterocycles. The van der Waals surface area contributed by atoms with Crippen molar-refractivity contribution in [3.63, 3.8) is 0 Å². The lowest BCUT2D eigenvalue weighted by molar-refractivity contribution is -0.603. The van der Waals surface area contributed by atoms with Gasteiger partial charge in [0.1, 0.15) is 0 Å². The zero-order valence-electron chi connectivity index (χ0n) is 12.3. The molecule has 108 valence electrons. The van der Waals surface area contributed by atoms with Crippen molar-refractivity contribution in [3.8, 4) is 11.3 Å². The highest BCUT2D eigenvalue weighted by Crippen LogP contribution is 2.26. The summed E-state index contributed by atoms with van der Waals surface area (Å²) in [5, 5.41) is 12.7. The second-order valence-corrected chi connectivity index (χ2v) is 6.23. The quantitative estimate of drug-likeness (QED) is 0.594. The van der Waals surface area contributed by atoms with E-state index in [4.69, 9.17) is 0 Å². The van der Waals surface area contributed by atoms with Crippen LogP contribution in [0.25, 0.3) is 11.3 Å². The van der Waals surface area contributed by atoms with Gasteiger partial charge in [-0.05, 0) is 62.6 Å². The van der Waals surface area contributed by atoms with Gasteiger partial charge in [-0.2, -0.15) is 4.73 Å². The van der Waals surface area contributed by atoms with E-state index in [0.29, 0.717) is 0 Å². The molecule has 21 heavy (non-hydrogen) atoms. The van der Waals surface area contributed by atoms with Gasteiger partial charge in [0.25, 0.3) is 0 Å². The van der Waals surface area contributed by atoms with Crippen LogP contribution in [0.15, 0.2) is 24.4 Å². The molecule has 0 aromatic carbocycles. The van der Waals surface area contributed by atoms with Crippen LogP contribution in [0.4, 0.5) is 0 Å². The summed E-state index contributed by atoms with van der Waals surface area (Å²) in [4.78, 5) is 4.60. The highest BCUT2D eigenvalue weighted by molar-refractivity contribution is 5.57. The maximum atomic E-state index is 12.7. The molecule has 0 bridgehead atoms. The van der Waals surface area contributed by atoms with Crippen LogP contribution in [0, 0.1) is 5.21 Å². The molecule has 0 spiro atoms. The van der Waals surface area contributed by atoms with Gasteiger partial charge >= 0.3 is 0 Å². The third-order valence-corrected chi connectivity index (χ3v) is 4.85. The summed E-state index contributed by atoms with van der Waals surface area (Å²) in [5.41, 5.74) is 6.48. The third-order valence-electron chi connectivity index (χ3n) is 4.85. The highest BCUT2D eigenvalue weighted by Gasteiger charge is 2.22. The maximum Gasteiger partial charge on any atom is 0.225 e. The first-order chi connectivity index (χ1) is 10.3. The van der Waals surface area contributed by atoms with Gasteiger partial charge in [0.2, 0.25) is 5.69 Å². The number of hydrogen-bond donors (Lipinski definition) is 0. The Bertz CT molecular complexity index is 694. The Hall–Kier alpha value is -1.90. The summed E-state index contributed by atoms with van der Waals surface area (Å²) in [7, 11) is 0. The van der Waals surface area contributed by atoms with Crippen LogP contribution in [-0.4, -0.2) is 4.98 Å². The van der Waals surface area contributed by atoms with Gasteiger partial charge in [-0.15, -0.1) is 0 Å². The van der Waals surface area contributed by atoms with Gasteiger partial charge in [0, 0.05) is 29.9 Å². The van der Waals surface area contributed by atoms with Crippen LogP contribution in [0.1, 0.15) is 48.2 Å². The number of aryl methyl sites for hydroxylation is 3. The average molecular weight is 280 g/mol. The van der Waals surface area contributed by atoms with Crippen LogP contribution < -0.4 is 4.73 Å². The Balaban J connectivity index is 1.80. The standard InChI is InChI=1S/C18H20N2O/c21-20-17-8-4-2-5-13(17)9-10-18(20)15-11-14-6-1-3-7-16(14)19-12-15/h9-12H,1-8H2. The van der Waals surface area contributed by atoms with E-state index in [0.717, 1.165) is 53.8 Å². The molecule has 3 nitrogen and oxygen atoms in total. The summed E-state index contributed by atoms with van der Waals surface area (Å²) in [5.74, 6) is 0. The Labute approximate surface area is 125 Å². The Morgan fingerprint density at radius 1 is 0.905 bits per heavy atom. The van der Waals surface area contributed by atoms with Gasteiger partial charge in [-0.3, -0.25) is 4.98 Å². The van der Waals surface area contributed by atoms with Gasteiger partial charge in [0.05, 0.1) is 5.56 Å². The van der Waals surface area contributed by atoms with Crippen LogP contribution in [0.5, 0.6) is 0 Å². The second-order valence-electron chi connectivity index (χ2n) is 6.23. The largest absolute Gasteiger partial charge is 0.618 e. The van der Waals surface area contributed by atoms with Crippen LogP contribution in [0.3, 0.4) is 0 Å². The molecule has 2 aliphatic carbocycles. The lowest BCUT2D eigenvalue weighted by Gasteiger charge is -2.18. The van der Waals surface area contributed by atoms with Crippen molar-refractivity contribution in [1.29, 1.82) is 0 Å². The number of fused-ring (bicyclic) bond motifs is 2. The first-order valence-electron chi connectivity index (χ1n) is 8.05. The van der Waals surface area contributed by atoms with Crippen molar-refractivity contribution in [3.05, 3.63) is 52.1 Å². The van der Waals surface area contributed by atoms with Crippen molar-refractivity contribution in [2.24, 2.45) is 0 Å². The van der Waals surface area contributed by atoms with Gasteiger partial charge < -0.3 is 5.21 Å². The second kappa shape index (κ2) is 5.14. The molecule has 0 unspecified atom stereocenters. The fraction of sp³-hybridized carbons (Fsp3) is 0.444. The van der Waals surface area contributed by atoms with Crippen molar-refractivity contribution in [2.75, 3.05) is 0 Å². The molecule has 0 fully saturated rings. The van der Waals surface area contributed by atoms with Crippen molar-refractivity contribution in [2.45, 2.75) is 51.4 Å². The minimum absolute atomic E-state index is 0.761. The zero-order chi connectivity index (χ0) is 14.2. The highest BCUT2D eigenvalue weighted by atomic mass is 16.5. The predicted octanol–water partition coefficient (Wildman–Crippen LogP) is 3.14. The fourth-order valence-corrected chi connectivity index (χ4v) is 3.66. The van der Waals surface area contributed by atoms with E-state index in [1.807, 2.05) is 12.3 Å². The molecule has 0 saturated heterocycles. The molecular weight excluding hydrogens is 260 g/mol. The van der Waals surface area contributed by atoms with E-state index in [2.05, 4.69) is 17.1 Å². The first-order valence-corrected chi connectivity index (χ1v) is 8.05. The molecule has 0 saturated carbocycles. The monoisotopic (exact) mass is 280 g/mol. The first kappa shape index (κ1) is 12.8. The number of pyridine rings is 2. The minimum atomic E-state index is 0.761. The summed E-state index contributed by atoms with van der Waals surface area (Å²) >= 11 is 0. The molecule has 4 rings (SSSR count). The average Bonchev–Trinajstić information content (AvgIpc) is 2.55. The van der Waals surface area contributed by atoms with E-state index >= 15 is 0 Å². The van der Waals surface area contributed by atoms with Crippen molar-refractivity contribution >= 4 is 0 Å². The van der Waals surface area contributed by atoms with Crippen LogP contribution in [-0.2, 0) is 25.7 Å². The van der Waals surface area contributed by atoms with E-state index < -0.39 is 0 Å². The van der Waals surface area contributed by atoms with Crippen LogP contribution in [0.2, 0.25) is 0 Å². The minimum Gasteiger partial charge on any atom is -0.618 e. The molecule has 3 heteroatoms. The van der Waals surface area contributed by atoms with Crippen molar-refractivity contribution in [1.82, 2.24) is 4.98 Å². The molecule has 0 amide bonds. The zero-order valence-corrected chi connectivity index (χ0v) is 12.3. The Morgan fingerprint density at radius 2 is 1.67 bits per heavy atom. The van der Waals surface area contributed by atoms with Gasteiger partial charge in [-0.25, -0.2) is 0 Å². The normalized spacial score (nSPS) is 17.1. The van der Waals surface area contributed by atoms with Crippen LogP contribution >= 0.6 is 0 Å². The molecule has 0 N–H and O–H groups in total. The summed E-state index contributed by atoms with van der Waals surface area (Å²) in [6.45, 7) is 0. The topological polar surface area (TPSA) is 39.8 Å². The molecule has 2 aliphatic rings. The number of hydrogen-bond acceptors (Lipinski definition) is 2. The summed E-state index contributed by atoms with van der Waals surface area (Å²) in [6.07, 6.45) is 10.8. The summed E-state index contributed by atoms with van der Waals surface area (Å²) < 4.78 is 1.15. The van der Waals surface area contributed by atoms with E-state index in [9.17, 15) is 5.21 Å². The lowest BCUT2D eigenvalue weighted by atomic mass is 9.93. The van der Waals surface area contributed by atoms with E-state index in [-0.39, 0.29) is 0 Å². The molecule has 2 aromatic rings. The fourth-order valence-electron chi connectivity index (χ4n) is 3.66. The molecular formula is C18H20N2O. The number of aromatic nitrogens is 2. The summed E-state index contributed by atoms with van der Waals surface area (Å²) in [6, 6.07) is 6.29. The van der Waals surface area contributed by atoms with Gasteiger partial charge in [-0.1, -0.05) is 0 Å². The Kier molecular flexibility index (Phi) is 3.13. The number of rotatable bonds is 1. The van der Waals surface area contributed by atoms with E-state index in [1.54, 1.807) is 0 Å². The SMILES string of the molecule is [O-][n+]1c(-c2cnc3c(c2)CCCC3)ccc2c1CCCC2. The maximum absolute atomic E-state index is 12.7. The molecule has 0 atom stereocenters. The molecule has 2 aromatic heterocycles.